The summed E-state index contributed by atoms with van der Waals surface area (Å²) in [5.74, 6) is 0. The number of aliphatic hydroxyl groups excluding tert-OH is 1. The standard InChI is InChI=1S/C9H14N2O/c1-9(2,3)8(12)7-6-10-4-5-11-7/h4-6,8,12H,1-3H3. The molecule has 1 aromatic heterocycles. The SMILES string of the molecule is CC(C)(C)C(O)c1cnccn1. The number of hydrogen-bond acceptors (Lipinski definition) is 3. The topological polar surface area (TPSA) is 46.0 Å². The average Bonchev–Trinajstić information content (AvgIpc) is 2.03. The van der Waals surface area contributed by atoms with Crippen LogP contribution in [-0.2, 0) is 0 Å². The molecule has 3 nitrogen and oxygen atoms in total. The molecule has 12 heavy (non-hydrogen) atoms. The molecular weight excluding hydrogens is 152 g/mol. The van der Waals surface area contributed by atoms with Gasteiger partial charge in [-0.15, -0.1) is 0 Å². The number of nitrogens with zero attached hydrogens (tertiary/aromatic N) is 2. The summed E-state index contributed by atoms with van der Waals surface area (Å²) in [7, 11) is 0. The van der Waals surface area contributed by atoms with Crippen LogP contribution in [0.3, 0.4) is 0 Å². The van der Waals surface area contributed by atoms with E-state index in [9.17, 15) is 5.11 Å². The van der Waals surface area contributed by atoms with Gasteiger partial charge in [-0.3, -0.25) is 9.97 Å². The molecule has 1 atom stereocenters. The van der Waals surface area contributed by atoms with Crippen molar-refractivity contribution in [3.63, 3.8) is 0 Å². The first kappa shape index (κ1) is 9.13. The van der Waals surface area contributed by atoms with Crippen LogP contribution in [0, 0.1) is 5.41 Å². The number of rotatable bonds is 1. The van der Waals surface area contributed by atoms with E-state index in [1.165, 1.54) is 0 Å². The van der Waals surface area contributed by atoms with E-state index in [4.69, 9.17) is 0 Å². The Morgan fingerprint density at radius 1 is 1.33 bits per heavy atom. The van der Waals surface area contributed by atoms with E-state index in [2.05, 4.69) is 9.97 Å². The zero-order valence-corrected chi connectivity index (χ0v) is 7.65. The Morgan fingerprint density at radius 2 is 2.00 bits per heavy atom. The average molecular weight is 166 g/mol. The Balaban J connectivity index is 2.86. The fourth-order valence-electron chi connectivity index (χ4n) is 0.895. The van der Waals surface area contributed by atoms with Crippen LogP contribution < -0.4 is 0 Å². The van der Waals surface area contributed by atoms with Gasteiger partial charge in [0.05, 0.1) is 11.9 Å². The largest absolute Gasteiger partial charge is 0.386 e. The predicted octanol–water partition coefficient (Wildman–Crippen LogP) is 1.56. The van der Waals surface area contributed by atoms with Crippen LogP contribution in [0.15, 0.2) is 18.6 Å². The van der Waals surface area contributed by atoms with Crippen molar-refractivity contribution in [2.24, 2.45) is 5.41 Å². The van der Waals surface area contributed by atoms with E-state index in [0.29, 0.717) is 5.69 Å². The lowest BCUT2D eigenvalue weighted by Gasteiger charge is -2.24. The maximum atomic E-state index is 9.75. The molecule has 1 heterocycles. The molecule has 66 valence electrons. The smallest absolute Gasteiger partial charge is 0.102 e. The molecule has 1 rings (SSSR count). The minimum Gasteiger partial charge on any atom is -0.386 e. The minimum absolute atomic E-state index is 0.184. The van der Waals surface area contributed by atoms with Crippen LogP contribution in [0.4, 0.5) is 0 Å². The molecule has 0 saturated heterocycles. The second-order valence-corrected chi connectivity index (χ2v) is 3.90. The van der Waals surface area contributed by atoms with Gasteiger partial charge in [0.25, 0.3) is 0 Å². The molecule has 1 aromatic rings. The summed E-state index contributed by atoms with van der Waals surface area (Å²) >= 11 is 0. The molecule has 0 aliphatic rings. The van der Waals surface area contributed by atoms with Crippen LogP contribution in [0.2, 0.25) is 0 Å². The molecule has 0 aliphatic carbocycles. The third kappa shape index (κ3) is 2.01. The monoisotopic (exact) mass is 166 g/mol. The van der Waals surface area contributed by atoms with Crippen molar-refractivity contribution in [3.8, 4) is 0 Å². The van der Waals surface area contributed by atoms with Crippen molar-refractivity contribution in [1.29, 1.82) is 0 Å². The zero-order valence-electron chi connectivity index (χ0n) is 7.65. The molecule has 0 spiro atoms. The number of aromatic nitrogens is 2. The third-order valence-corrected chi connectivity index (χ3v) is 1.68. The Labute approximate surface area is 72.5 Å². The van der Waals surface area contributed by atoms with Gasteiger partial charge >= 0.3 is 0 Å². The second kappa shape index (κ2) is 3.19. The highest BCUT2D eigenvalue weighted by Gasteiger charge is 2.24. The summed E-state index contributed by atoms with van der Waals surface area (Å²) in [6.07, 6.45) is 4.23. The van der Waals surface area contributed by atoms with Crippen molar-refractivity contribution in [2.75, 3.05) is 0 Å². The molecule has 1 unspecified atom stereocenters. The first-order chi connectivity index (χ1) is 5.52. The summed E-state index contributed by atoms with van der Waals surface area (Å²) < 4.78 is 0. The molecule has 0 saturated carbocycles. The van der Waals surface area contributed by atoms with Crippen LogP contribution in [0.1, 0.15) is 32.6 Å². The van der Waals surface area contributed by atoms with Crippen molar-refractivity contribution in [2.45, 2.75) is 26.9 Å². The maximum absolute atomic E-state index is 9.75. The highest BCUT2D eigenvalue weighted by molar-refractivity contribution is 5.02. The number of aliphatic hydroxyl groups is 1. The summed E-state index contributed by atoms with van der Waals surface area (Å²) in [5, 5.41) is 9.75. The molecule has 0 fully saturated rings. The first-order valence-electron chi connectivity index (χ1n) is 3.96. The highest BCUT2D eigenvalue weighted by atomic mass is 16.3. The van der Waals surface area contributed by atoms with Gasteiger partial charge in [-0.05, 0) is 5.41 Å². The van der Waals surface area contributed by atoms with Gasteiger partial charge in [-0.2, -0.15) is 0 Å². The molecule has 0 aromatic carbocycles. The minimum atomic E-state index is -0.550. The number of hydrogen-bond donors (Lipinski definition) is 1. The van der Waals surface area contributed by atoms with E-state index in [1.54, 1.807) is 18.6 Å². The molecular formula is C9H14N2O. The van der Waals surface area contributed by atoms with Gasteiger partial charge in [0.15, 0.2) is 0 Å². The van der Waals surface area contributed by atoms with Gasteiger partial charge in [0, 0.05) is 12.4 Å². The molecule has 0 radical (unpaired) electrons. The van der Waals surface area contributed by atoms with Crippen molar-refractivity contribution < 1.29 is 5.11 Å². The van der Waals surface area contributed by atoms with Crippen LogP contribution in [-0.4, -0.2) is 15.1 Å². The summed E-state index contributed by atoms with van der Waals surface area (Å²) in [6, 6.07) is 0. The fraction of sp³-hybridized carbons (Fsp3) is 0.556. The first-order valence-corrected chi connectivity index (χ1v) is 3.96. The Bertz CT molecular complexity index is 240. The van der Waals surface area contributed by atoms with E-state index in [1.807, 2.05) is 20.8 Å². The lowest BCUT2D eigenvalue weighted by molar-refractivity contribution is 0.0586. The Morgan fingerprint density at radius 3 is 2.42 bits per heavy atom. The second-order valence-electron chi connectivity index (χ2n) is 3.90. The fourth-order valence-corrected chi connectivity index (χ4v) is 0.895. The van der Waals surface area contributed by atoms with Crippen molar-refractivity contribution >= 4 is 0 Å². The van der Waals surface area contributed by atoms with E-state index >= 15 is 0 Å². The molecule has 0 aliphatic heterocycles. The van der Waals surface area contributed by atoms with Gasteiger partial charge in [-0.1, -0.05) is 20.8 Å². The van der Waals surface area contributed by atoms with Gasteiger partial charge in [0.1, 0.15) is 6.10 Å². The summed E-state index contributed by atoms with van der Waals surface area (Å²) in [5.41, 5.74) is 0.445. The lowest BCUT2D eigenvalue weighted by Crippen LogP contribution is -2.18. The van der Waals surface area contributed by atoms with Crippen LogP contribution in [0.5, 0.6) is 0 Å². The van der Waals surface area contributed by atoms with Crippen molar-refractivity contribution in [3.05, 3.63) is 24.3 Å². The van der Waals surface area contributed by atoms with E-state index in [-0.39, 0.29) is 5.41 Å². The zero-order chi connectivity index (χ0) is 9.19. The van der Waals surface area contributed by atoms with Gasteiger partial charge < -0.3 is 5.11 Å². The molecule has 0 bridgehead atoms. The van der Waals surface area contributed by atoms with E-state index in [0.717, 1.165) is 0 Å². The highest BCUT2D eigenvalue weighted by Crippen LogP contribution is 2.30. The van der Waals surface area contributed by atoms with Gasteiger partial charge in [-0.25, -0.2) is 0 Å². The molecule has 0 amide bonds. The molecule has 1 N–H and O–H groups in total. The molecule has 3 heteroatoms. The maximum Gasteiger partial charge on any atom is 0.102 e. The van der Waals surface area contributed by atoms with Gasteiger partial charge in [0.2, 0.25) is 0 Å². The van der Waals surface area contributed by atoms with Crippen molar-refractivity contribution in [1.82, 2.24) is 9.97 Å². The quantitative estimate of drug-likeness (QED) is 0.688. The van der Waals surface area contributed by atoms with Crippen LogP contribution in [0.25, 0.3) is 0 Å². The normalized spacial score (nSPS) is 14.3. The Kier molecular flexibility index (Phi) is 2.43. The lowest BCUT2D eigenvalue weighted by atomic mass is 9.87. The third-order valence-electron chi connectivity index (χ3n) is 1.68. The van der Waals surface area contributed by atoms with Crippen LogP contribution >= 0.6 is 0 Å². The predicted molar refractivity (Wildman–Crippen MR) is 46.4 cm³/mol. The summed E-state index contributed by atoms with van der Waals surface area (Å²) in [4.78, 5) is 7.93. The Hall–Kier alpha value is -0.960. The van der Waals surface area contributed by atoms with E-state index < -0.39 is 6.10 Å². The summed E-state index contributed by atoms with van der Waals surface area (Å²) in [6.45, 7) is 5.89.